The molecule has 0 aliphatic rings. The Balaban J connectivity index is 2.68. The monoisotopic (exact) mass is 305 g/mol. The van der Waals surface area contributed by atoms with Gasteiger partial charge in [0.2, 0.25) is 0 Å². The van der Waals surface area contributed by atoms with Crippen molar-refractivity contribution in [3.8, 4) is 0 Å². The highest BCUT2D eigenvalue weighted by Crippen LogP contribution is 2.26. The number of hydrazine groups is 1. The molecule has 1 rings (SSSR count). The number of halogens is 1. The molecule has 1 aromatic carbocycles. The van der Waals surface area contributed by atoms with E-state index in [-0.39, 0.29) is 17.5 Å². The fraction of sp³-hybridized carbons (Fsp3) is 0.500. The lowest BCUT2D eigenvalue weighted by Crippen LogP contribution is -2.29. The zero-order valence-corrected chi connectivity index (χ0v) is 12.5. The molecule has 0 aliphatic heterocycles. The molecule has 0 bridgehead atoms. The van der Waals surface area contributed by atoms with Crippen molar-refractivity contribution in [3.63, 3.8) is 0 Å². The largest absolute Gasteiger partial charge is 0.398 e. The van der Waals surface area contributed by atoms with Crippen molar-refractivity contribution in [3.05, 3.63) is 28.8 Å². The van der Waals surface area contributed by atoms with E-state index in [9.17, 15) is 8.42 Å². The number of anilines is 1. The molecule has 1 unspecified atom stereocenters. The molecule has 7 heteroatoms. The van der Waals surface area contributed by atoms with Crippen LogP contribution >= 0.6 is 11.6 Å². The molecule has 108 valence electrons. The normalized spacial score (nSPS) is 13.4. The number of sulfone groups is 1. The van der Waals surface area contributed by atoms with Gasteiger partial charge in [-0.3, -0.25) is 11.3 Å². The number of hydrogen-bond acceptors (Lipinski definition) is 5. The maximum Gasteiger partial charge on any atom is 0.150 e. The van der Waals surface area contributed by atoms with Crippen LogP contribution in [-0.2, 0) is 9.84 Å². The van der Waals surface area contributed by atoms with E-state index < -0.39 is 9.84 Å². The van der Waals surface area contributed by atoms with Gasteiger partial charge < -0.3 is 5.73 Å². The molecular formula is C12H20ClN3O2S. The molecule has 0 aromatic heterocycles. The predicted molar refractivity (Wildman–Crippen MR) is 79.5 cm³/mol. The molecule has 0 fully saturated rings. The van der Waals surface area contributed by atoms with E-state index in [1.54, 1.807) is 25.1 Å². The van der Waals surface area contributed by atoms with E-state index in [0.717, 1.165) is 5.56 Å². The first kappa shape index (κ1) is 16.2. The second kappa shape index (κ2) is 7.09. The van der Waals surface area contributed by atoms with E-state index in [1.807, 2.05) is 0 Å². The zero-order chi connectivity index (χ0) is 14.5. The van der Waals surface area contributed by atoms with Crippen molar-refractivity contribution in [2.45, 2.75) is 25.8 Å². The lowest BCUT2D eigenvalue weighted by Gasteiger charge is -2.18. The summed E-state index contributed by atoms with van der Waals surface area (Å²) in [4.78, 5) is 0. The molecule has 5 N–H and O–H groups in total. The van der Waals surface area contributed by atoms with Gasteiger partial charge in [0.15, 0.2) is 0 Å². The molecule has 0 heterocycles. The van der Waals surface area contributed by atoms with E-state index in [0.29, 0.717) is 23.6 Å². The van der Waals surface area contributed by atoms with Crippen LogP contribution < -0.4 is 17.0 Å². The van der Waals surface area contributed by atoms with Crippen LogP contribution in [0.4, 0.5) is 5.69 Å². The van der Waals surface area contributed by atoms with Crippen molar-refractivity contribution in [2.75, 3.05) is 17.2 Å². The van der Waals surface area contributed by atoms with Crippen LogP contribution in [0.25, 0.3) is 0 Å². The lowest BCUT2D eigenvalue weighted by molar-refractivity contribution is 0.508. The summed E-state index contributed by atoms with van der Waals surface area (Å²) in [6, 6.07) is 5.02. The van der Waals surface area contributed by atoms with Crippen molar-refractivity contribution in [1.29, 1.82) is 0 Å². The molecule has 5 nitrogen and oxygen atoms in total. The highest BCUT2D eigenvalue weighted by atomic mass is 35.5. The van der Waals surface area contributed by atoms with Gasteiger partial charge in [0.25, 0.3) is 0 Å². The van der Waals surface area contributed by atoms with Gasteiger partial charge in [-0.2, -0.15) is 0 Å². The number of nitrogen functional groups attached to an aromatic ring is 1. The Morgan fingerprint density at radius 1 is 1.42 bits per heavy atom. The Morgan fingerprint density at radius 3 is 2.63 bits per heavy atom. The number of rotatable bonds is 7. The van der Waals surface area contributed by atoms with E-state index in [1.165, 1.54) is 0 Å². The third kappa shape index (κ3) is 4.99. The molecule has 0 amide bonds. The van der Waals surface area contributed by atoms with Crippen LogP contribution in [-0.4, -0.2) is 19.9 Å². The summed E-state index contributed by atoms with van der Waals surface area (Å²) in [5, 5.41) is 0.561. The van der Waals surface area contributed by atoms with Gasteiger partial charge in [-0.25, -0.2) is 8.42 Å². The summed E-state index contributed by atoms with van der Waals surface area (Å²) in [5.74, 6) is 5.83. The van der Waals surface area contributed by atoms with Gasteiger partial charge in [0.1, 0.15) is 9.84 Å². The Morgan fingerprint density at radius 2 is 2.11 bits per heavy atom. The van der Waals surface area contributed by atoms with E-state index in [4.69, 9.17) is 23.2 Å². The Hall–Kier alpha value is -0.820. The minimum absolute atomic E-state index is 0.162. The van der Waals surface area contributed by atoms with Gasteiger partial charge in [0.05, 0.1) is 5.75 Å². The predicted octanol–water partition coefficient (Wildman–Crippen LogP) is 1.64. The summed E-state index contributed by atoms with van der Waals surface area (Å²) in [7, 11) is -2.94. The second-order valence-corrected chi connectivity index (χ2v) is 7.28. The lowest BCUT2D eigenvalue weighted by atomic mass is 10.0. The van der Waals surface area contributed by atoms with E-state index in [2.05, 4.69) is 5.43 Å². The van der Waals surface area contributed by atoms with Gasteiger partial charge in [-0.15, -0.1) is 0 Å². The summed E-state index contributed by atoms with van der Waals surface area (Å²) in [6.07, 6.45) is 1.13. The Kier molecular flexibility index (Phi) is 6.06. The molecule has 0 radical (unpaired) electrons. The summed E-state index contributed by atoms with van der Waals surface area (Å²) < 4.78 is 22.8. The van der Waals surface area contributed by atoms with Gasteiger partial charge in [-0.1, -0.05) is 24.6 Å². The average molecular weight is 306 g/mol. The van der Waals surface area contributed by atoms with Gasteiger partial charge in [-0.05, 0) is 30.5 Å². The topological polar surface area (TPSA) is 98.2 Å². The maximum absolute atomic E-state index is 11.4. The summed E-state index contributed by atoms with van der Waals surface area (Å²) in [6.45, 7) is 1.64. The smallest absolute Gasteiger partial charge is 0.150 e. The van der Waals surface area contributed by atoms with Crippen LogP contribution in [0.1, 0.15) is 31.4 Å². The highest BCUT2D eigenvalue weighted by Gasteiger charge is 2.15. The van der Waals surface area contributed by atoms with Crippen molar-refractivity contribution >= 4 is 27.1 Å². The molecule has 0 saturated carbocycles. The van der Waals surface area contributed by atoms with Gasteiger partial charge in [0, 0.05) is 22.5 Å². The molecule has 0 aliphatic carbocycles. The van der Waals surface area contributed by atoms with Crippen LogP contribution in [0, 0.1) is 0 Å². The second-order valence-electron chi connectivity index (χ2n) is 4.37. The minimum Gasteiger partial charge on any atom is -0.398 e. The number of nitrogens with two attached hydrogens (primary N) is 2. The van der Waals surface area contributed by atoms with E-state index >= 15 is 0 Å². The zero-order valence-electron chi connectivity index (χ0n) is 10.9. The number of nitrogens with one attached hydrogen (secondary N) is 1. The SMILES string of the molecule is CCS(=O)(=O)CCCC(NN)c1ccc(Cl)cc1N. The quantitative estimate of drug-likeness (QED) is 0.404. The first-order valence-electron chi connectivity index (χ1n) is 6.11. The average Bonchev–Trinajstić information content (AvgIpc) is 2.36. The molecular weight excluding hydrogens is 286 g/mol. The fourth-order valence-corrected chi connectivity index (χ4v) is 2.92. The van der Waals surface area contributed by atoms with Crippen LogP contribution in [0.2, 0.25) is 5.02 Å². The third-order valence-corrected chi connectivity index (χ3v) is 5.04. The van der Waals surface area contributed by atoms with Crippen molar-refractivity contribution < 1.29 is 8.42 Å². The summed E-state index contributed by atoms with van der Waals surface area (Å²) in [5.41, 5.74) is 9.93. The first-order valence-corrected chi connectivity index (χ1v) is 8.31. The van der Waals surface area contributed by atoms with Crippen LogP contribution in [0.5, 0.6) is 0 Å². The van der Waals surface area contributed by atoms with Crippen LogP contribution in [0.15, 0.2) is 18.2 Å². The minimum atomic E-state index is -2.94. The van der Waals surface area contributed by atoms with Gasteiger partial charge >= 0.3 is 0 Å². The Labute approximate surface area is 119 Å². The highest BCUT2D eigenvalue weighted by molar-refractivity contribution is 7.91. The molecule has 0 spiro atoms. The van der Waals surface area contributed by atoms with Crippen molar-refractivity contribution in [2.24, 2.45) is 5.84 Å². The summed E-state index contributed by atoms with van der Waals surface area (Å²) >= 11 is 5.84. The number of benzene rings is 1. The molecule has 1 aromatic rings. The van der Waals surface area contributed by atoms with Crippen LogP contribution in [0.3, 0.4) is 0 Å². The third-order valence-electron chi connectivity index (χ3n) is 3.01. The standard InChI is InChI=1S/C12H20ClN3O2S/c1-2-19(17,18)7-3-4-12(16-15)10-6-5-9(13)8-11(10)14/h5-6,8,12,16H,2-4,7,14-15H2,1H3. The molecule has 1 atom stereocenters. The van der Waals surface area contributed by atoms with Crippen molar-refractivity contribution in [1.82, 2.24) is 5.43 Å². The Bertz CT molecular complexity index is 520. The molecule has 0 saturated heterocycles. The maximum atomic E-state index is 11.4. The number of hydrogen-bond donors (Lipinski definition) is 3. The first-order chi connectivity index (χ1) is 8.89. The molecule has 19 heavy (non-hydrogen) atoms. The fourth-order valence-electron chi connectivity index (χ4n) is 1.84.